The minimum Gasteiger partial charge on any atom is -0.168 e. The van der Waals surface area contributed by atoms with Crippen molar-refractivity contribution in [2.45, 2.75) is 33.1 Å². The minimum absolute atomic E-state index is 0. The number of halogens is 2. The topological polar surface area (TPSA) is 0 Å². The van der Waals surface area contributed by atoms with Crippen LogP contribution in [0, 0.1) is 21.8 Å². The molecule has 0 aliphatic heterocycles. The zero-order valence-corrected chi connectivity index (χ0v) is 26.6. The second kappa shape index (κ2) is 16.3. The summed E-state index contributed by atoms with van der Waals surface area (Å²) in [5.41, 5.74) is 5.55. The van der Waals surface area contributed by atoms with Crippen molar-refractivity contribution in [2.75, 3.05) is 0 Å². The van der Waals surface area contributed by atoms with E-state index in [-0.39, 0.29) is 45.1 Å². The van der Waals surface area contributed by atoms with E-state index in [2.05, 4.69) is 132 Å². The third kappa shape index (κ3) is 9.18. The molecule has 186 valence electrons. The Labute approximate surface area is 242 Å². The van der Waals surface area contributed by atoms with Crippen molar-refractivity contribution in [1.29, 1.82) is 0 Å². The van der Waals surface area contributed by atoms with Gasteiger partial charge in [-0.25, -0.2) is 0 Å². The van der Waals surface area contributed by atoms with Crippen molar-refractivity contribution in [3.8, 4) is 11.1 Å². The van der Waals surface area contributed by atoms with E-state index in [1.807, 2.05) is 0 Å². The zero-order chi connectivity index (χ0) is 22.4. The third-order valence-electron chi connectivity index (χ3n) is 5.50. The molecule has 0 heterocycles. The number of hydrogen-bond donors (Lipinski definition) is 0. The predicted molar refractivity (Wildman–Crippen MR) is 161 cm³/mol. The van der Waals surface area contributed by atoms with Crippen LogP contribution in [0.1, 0.15) is 31.9 Å². The van der Waals surface area contributed by atoms with Crippen molar-refractivity contribution in [2.24, 2.45) is 0 Å². The molecule has 5 rings (SSSR count). The Bertz CT molecular complexity index is 1230. The van der Waals surface area contributed by atoms with Gasteiger partial charge in [-0.15, -0.1) is 89.0 Å². The molecule has 0 spiro atoms. The smallest absolute Gasteiger partial charge is 0.0809 e. The first-order valence-electron chi connectivity index (χ1n) is 10.5. The maximum absolute atomic E-state index is 3.06. The summed E-state index contributed by atoms with van der Waals surface area (Å²) in [4.78, 5) is 0. The summed E-state index contributed by atoms with van der Waals surface area (Å²) >= 11 is 1.36. The van der Waals surface area contributed by atoms with Crippen molar-refractivity contribution < 1.29 is 23.3 Å². The summed E-state index contributed by atoms with van der Waals surface area (Å²) in [5.74, 6) is 0. The maximum Gasteiger partial charge on any atom is -0.0809 e. The molecule has 0 unspecified atom stereocenters. The van der Waals surface area contributed by atoms with E-state index < -0.39 is 0 Å². The van der Waals surface area contributed by atoms with Gasteiger partial charge < -0.3 is 14.9 Å². The monoisotopic (exact) mass is 596 g/mol. The van der Waals surface area contributed by atoms with Gasteiger partial charge in [-0.05, 0) is 16.5 Å². The molecule has 0 aromatic heterocycles. The first-order valence-corrected chi connectivity index (χ1v) is 14.7. The van der Waals surface area contributed by atoms with Crippen molar-refractivity contribution in [1.82, 2.24) is 0 Å². The molecule has 0 saturated heterocycles. The Morgan fingerprint density at radius 1 is 0.743 bits per heavy atom. The molecule has 0 saturated carbocycles. The number of aryl methyl sites for hydroxylation is 1. The Kier molecular flexibility index (Phi) is 16.7. The van der Waals surface area contributed by atoms with Gasteiger partial charge in [0.15, 0.2) is 0 Å². The molecule has 5 aromatic rings. The molecule has 0 aliphatic rings. The molecule has 5 aromatic carbocycles. The van der Waals surface area contributed by atoms with Crippen molar-refractivity contribution >= 4 is 53.2 Å². The van der Waals surface area contributed by atoms with E-state index >= 15 is 0 Å². The van der Waals surface area contributed by atoms with Gasteiger partial charge in [0.1, 0.15) is 0 Å². The van der Waals surface area contributed by atoms with Crippen molar-refractivity contribution in [3.05, 3.63) is 123 Å². The molecule has 0 N–H and O–H groups in total. The Morgan fingerprint density at radius 2 is 1.34 bits per heavy atom. The molecule has 0 amide bonds. The summed E-state index contributed by atoms with van der Waals surface area (Å²) in [7, 11) is 0. The molecular formula is C31H36Cl2SiZr-4. The minimum atomic E-state index is 0. The molecule has 0 fully saturated rings. The first kappa shape index (κ1) is 35.7. The van der Waals surface area contributed by atoms with Gasteiger partial charge >= 0.3 is 30.2 Å². The standard InChI is InChI=1S/C20H21.C9H7.2CH3.2ClH.Si.Zr/c1-14-12-16-6-5-7-18(19(16)13-14)15-8-10-17(11-9-15)20(2,3)4;1-2-5-9-7-3-6-8(9)4-1;;;;;;/h5-13H,1-4H3;1-7H;2*1H3;2*1H;;/q4*-1;;;;. The van der Waals surface area contributed by atoms with Crippen LogP contribution in [0.5, 0.6) is 0 Å². The summed E-state index contributed by atoms with van der Waals surface area (Å²) in [6, 6.07) is 34.8. The summed E-state index contributed by atoms with van der Waals surface area (Å²) in [6.45, 7) is 12.0. The Morgan fingerprint density at radius 3 is 1.94 bits per heavy atom. The second-order valence-corrected chi connectivity index (χ2v) is 8.82. The first-order chi connectivity index (χ1) is 14.9. The van der Waals surface area contributed by atoms with Crippen LogP contribution in [0.15, 0.2) is 97.1 Å². The fourth-order valence-corrected chi connectivity index (χ4v) is 3.86. The normalized spacial score (nSPS) is 9.57. The fraction of sp³-hybridized carbons (Fsp3) is 0.161. The molecule has 2 radical (unpaired) electrons. The van der Waals surface area contributed by atoms with Crippen LogP contribution in [-0.4, -0.2) is 6.88 Å². The van der Waals surface area contributed by atoms with Crippen LogP contribution in [0.2, 0.25) is 0 Å². The van der Waals surface area contributed by atoms with E-state index in [1.165, 1.54) is 67.1 Å². The van der Waals surface area contributed by atoms with Crippen LogP contribution < -0.4 is 0 Å². The van der Waals surface area contributed by atoms with E-state index in [0.29, 0.717) is 0 Å². The fourth-order valence-electron chi connectivity index (χ4n) is 3.86. The van der Waals surface area contributed by atoms with E-state index in [1.54, 1.807) is 0 Å². The van der Waals surface area contributed by atoms with Gasteiger partial charge in [0.2, 0.25) is 0 Å². The Hall–Kier alpha value is -1.44. The van der Waals surface area contributed by atoms with Crippen LogP contribution in [-0.2, 0) is 28.8 Å². The van der Waals surface area contributed by atoms with Gasteiger partial charge in [-0.1, -0.05) is 69.7 Å². The van der Waals surface area contributed by atoms with E-state index in [9.17, 15) is 0 Å². The molecule has 0 aliphatic carbocycles. The van der Waals surface area contributed by atoms with E-state index in [4.69, 9.17) is 0 Å². The number of hydrogen-bond acceptors (Lipinski definition) is 0. The molecule has 0 bridgehead atoms. The van der Waals surface area contributed by atoms with Crippen LogP contribution in [0.3, 0.4) is 0 Å². The van der Waals surface area contributed by atoms with Crippen LogP contribution in [0.4, 0.5) is 0 Å². The third-order valence-corrected chi connectivity index (χ3v) is 5.50. The van der Waals surface area contributed by atoms with E-state index in [0.717, 1.165) is 0 Å². The molecule has 0 atom stereocenters. The van der Waals surface area contributed by atoms with Gasteiger partial charge in [-0.3, -0.25) is 0 Å². The molecular weight excluding hydrogens is 563 g/mol. The quantitative estimate of drug-likeness (QED) is 0.133. The number of rotatable bonds is 1. The molecule has 35 heavy (non-hydrogen) atoms. The van der Waals surface area contributed by atoms with Gasteiger partial charge in [0, 0.05) is 0 Å². The average Bonchev–Trinajstić information content (AvgIpc) is 3.40. The average molecular weight is 599 g/mol. The summed E-state index contributed by atoms with van der Waals surface area (Å²) in [5, 5.41) is 5.35. The van der Waals surface area contributed by atoms with Gasteiger partial charge in [0.05, 0.1) is 0 Å². The predicted octanol–water partition coefficient (Wildman–Crippen LogP) is 9.75. The largest absolute Gasteiger partial charge is 0.168 e. The van der Waals surface area contributed by atoms with Crippen LogP contribution in [0.25, 0.3) is 32.7 Å². The van der Waals surface area contributed by atoms with Crippen LogP contribution >= 0.6 is 24.8 Å². The SMILES string of the molecule is Cc1cc2c(-c3ccc(C(C)(C)C)cc3)cccc2[cH-]1.Cl.Cl.[CH3-].[CH3-].[Si]=[Zr].c1ccc2[cH-]ccc2c1. The van der Waals surface area contributed by atoms with Gasteiger partial charge in [0.25, 0.3) is 0 Å². The number of fused-ring (bicyclic) bond motifs is 2. The summed E-state index contributed by atoms with van der Waals surface area (Å²) < 4.78 is 0. The molecule has 4 heteroatoms. The number of benzene rings is 3. The second-order valence-electron chi connectivity index (χ2n) is 8.82. The Balaban J connectivity index is 0. The maximum atomic E-state index is 3.06. The molecule has 0 nitrogen and oxygen atoms in total. The summed E-state index contributed by atoms with van der Waals surface area (Å²) in [6.07, 6.45) is 0. The zero-order valence-electron chi connectivity index (χ0n) is 21.6. The van der Waals surface area contributed by atoms with Crippen molar-refractivity contribution in [3.63, 3.8) is 0 Å². The van der Waals surface area contributed by atoms with Gasteiger partial charge in [-0.2, -0.15) is 23.6 Å².